The third kappa shape index (κ3) is 3.59. The summed E-state index contributed by atoms with van der Waals surface area (Å²) >= 11 is 1.06. The van der Waals surface area contributed by atoms with Crippen LogP contribution >= 0.6 is 11.8 Å². The Morgan fingerprint density at radius 2 is 1.79 bits per heavy atom. The van der Waals surface area contributed by atoms with Gasteiger partial charge in [0.1, 0.15) is 12.1 Å². The van der Waals surface area contributed by atoms with E-state index in [1.807, 2.05) is 48.5 Å². The third-order valence-electron chi connectivity index (χ3n) is 3.04. The van der Waals surface area contributed by atoms with Crippen molar-refractivity contribution in [3.8, 4) is 0 Å². The molecule has 2 aromatic rings. The number of hydrazone groups is 1. The van der Waals surface area contributed by atoms with Gasteiger partial charge in [-0.15, -0.1) is 4.85 Å². The highest BCUT2D eigenvalue weighted by atomic mass is 32.2. The monoisotopic (exact) mass is 344 g/mol. The minimum Gasteiger partial charge on any atom is -0.690 e. The molecule has 0 unspecified atom stereocenters. The molecule has 1 heterocycles. The molecule has 3 rings (SSSR count). The van der Waals surface area contributed by atoms with Crippen LogP contribution in [0.3, 0.4) is 0 Å². The van der Waals surface area contributed by atoms with Crippen molar-refractivity contribution in [3.05, 3.63) is 71.4 Å². The number of hydrogen-bond donors (Lipinski definition) is 1. The Balaban J connectivity index is 1.70. The lowest BCUT2D eigenvalue weighted by Gasteiger charge is -2.08. The maximum Gasteiger partial charge on any atom is 0.530 e. The lowest BCUT2D eigenvalue weighted by atomic mass is 10.2. The predicted octanol–water partition coefficient (Wildman–Crippen LogP) is 1.82. The number of hydrogen-bond acceptors (Lipinski definition) is 6. The van der Waals surface area contributed by atoms with Crippen LogP contribution in [0.15, 0.2) is 65.6 Å². The summed E-state index contributed by atoms with van der Waals surface area (Å²) < 4.78 is 5.19. The highest BCUT2D eigenvalue weighted by Crippen LogP contribution is 2.23. The average molecular weight is 344 g/mol. The summed E-state index contributed by atoms with van der Waals surface area (Å²) in [5, 5.41) is 13.4. The first kappa shape index (κ1) is 16.1. The van der Waals surface area contributed by atoms with Gasteiger partial charge < -0.3 is 9.94 Å². The van der Waals surface area contributed by atoms with Crippen LogP contribution in [0.25, 0.3) is 0 Å². The fraction of sp³-hybridized carbons (Fsp3) is 0.0667. The minimum absolute atomic E-state index is 0.0123. The molecule has 2 N–H and O–H groups in total. The van der Waals surface area contributed by atoms with Gasteiger partial charge in [0.2, 0.25) is 0 Å². The number of rotatable bonds is 3. The first-order valence-electron chi connectivity index (χ1n) is 6.99. The zero-order valence-corrected chi connectivity index (χ0v) is 13.3. The molecule has 0 fully saturated rings. The maximum absolute atomic E-state index is 12.2. The smallest absolute Gasteiger partial charge is 0.530 e. The second-order valence-electron chi connectivity index (χ2n) is 4.73. The van der Waals surface area contributed by atoms with Crippen molar-refractivity contribution in [3.63, 3.8) is 0 Å². The van der Waals surface area contributed by atoms with Crippen molar-refractivity contribution < 1.29 is 14.4 Å². The fourth-order valence-corrected chi connectivity index (χ4v) is 2.77. The van der Waals surface area contributed by atoms with Gasteiger partial charge in [0.25, 0.3) is 0 Å². The number of carbonyl (C=O) groups is 1. The first-order valence-corrected chi connectivity index (χ1v) is 7.81. The molecule has 0 aromatic heterocycles. The van der Waals surface area contributed by atoms with Gasteiger partial charge in [-0.25, -0.2) is 0 Å². The van der Waals surface area contributed by atoms with Crippen LogP contribution in [0.2, 0.25) is 0 Å². The molecule has 0 atom stereocenters. The van der Waals surface area contributed by atoms with Gasteiger partial charge in [0.15, 0.2) is 0 Å². The molecule has 0 saturated heterocycles. The van der Waals surface area contributed by atoms with Crippen LogP contribution < -0.4 is 11.4 Å². The van der Waals surface area contributed by atoms with Gasteiger partial charge in [-0.05, 0) is 27.9 Å². The summed E-state index contributed by atoms with van der Waals surface area (Å²) in [6.07, 6.45) is -0.786. The molecule has 0 bridgehead atoms. The number of benzene rings is 2. The molecule has 0 aliphatic carbocycles. The summed E-state index contributed by atoms with van der Waals surface area (Å²) in [7, 11) is 0. The van der Waals surface area contributed by atoms with Crippen molar-refractivity contribution in [2.75, 3.05) is 0 Å². The Morgan fingerprint density at radius 3 is 2.46 bits per heavy atom. The van der Waals surface area contributed by atoms with Crippen LogP contribution in [0.1, 0.15) is 5.56 Å². The largest absolute Gasteiger partial charge is 0.690 e. The van der Waals surface area contributed by atoms with Gasteiger partial charge in [-0.2, -0.15) is 10.6 Å². The molecule has 1 aliphatic rings. The van der Waals surface area contributed by atoms with E-state index in [1.54, 1.807) is 12.1 Å². The summed E-state index contributed by atoms with van der Waals surface area (Å²) in [5.41, 5.74) is 4.51. The summed E-state index contributed by atoms with van der Waals surface area (Å²) in [6.45, 7) is 0.0679. The van der Waals surface area contributed by atoms with E-state index in [4.69, 9.17) is 10.6 Å². The molecule has 1 aliphatic heterocycles. The first-order chi connectivity index (χ1) is 11.6. The second-order valence-corrected chi connectivity index (χ2v) is 5.77. The van der Waals surface area contributed by atoms with Gasteiger partial charge in [-0.3, -0.25) is 0 Å². The molecule has 0 spiro atoms. The van der Waals surface area contributed by atoms with E-state index in [0.717, 1.165) is 27.2 Å². The molecule has 9 heteroatoms. The van der Waals surface area contributed by atoms with Crippen molar-refractivity contribution in [1.82, 2.24) is 15.8 Å². The number of ether oxygens (including phenoxy) is 1. The van der Waals surface area contributed by atoms with E-state index < -0.39 is 6.09 Å². The standard InChI is InChI=1S/C15H14N5O3S/c16-20-17-18(15(21)23-11-12-7-3-1-4-8-12)14(19(20)22)24-13-9-5-2-6-10-13/h1-10H,11,16H2. The average Bonchev–Trinajstić information content (AvgIpc) is 2.90. The Kier molecular flexibility index (Phi) is 4.85. The highest BCUT2D eigenvalue weighted by molar-refractivity contribution is 8.13. The topological polar surface area (TPSA) is 99.0 Å². The van der Waals surface area contributed by atoms with E-state index in [1.165, 1.54) is 0 Å². The summed E-state index contributed by atoms with van der Waals surface area (Å²) in [4.78, 5) is 13.3. The van der Waals surface area contributed by atoms with E-state index in [9.17, 15) is 10.0 Å². The van der Waals surface area contributed by atoms with Crippen molar-refractivity contribution in [1.29, 1.82) is 0 Å². The van der Waals surface area contributed by atoms with Gasteiger partial charge in [0, 0.05) is 16.7 Å². The number of thioether (sulfide) groups is 1. The molecular formula is C15H14N5O3S. The number of nitrogens with two attached hydrogens (primary N) is 1. The Hall–Kier alpha value is -2.75. The van der Waals surface area contributed by atoms with Crippen LogP contribution in [0, 0.1) is 5.21 Å². The van der Waals surface area contributed by atoms with Crippen molar-refractivity contribution in [2.24, 2.45) is 5.84 Å². The number of amides is 1. The fourth-order valence-electron chi connectivity index (χ4n) is 1.91. The zero-order valence-electron chi connectivity index (χ0n) is 12.5. The highest BCUT2D eigenvalue weighted by Gasteiger charge is 2.43. The van der Waals surface area contributed by atoms with Crippen LogP contribution in [-0.4, -0.2) is 26.3 Å². The molecule has 123 valence electrons. The Morgan fingerprint density at radius 1 is 1.17 bits per heavy atom. The third-order valence-corrected chi connectivity index (χ3v) is 4.06. The van der Waals surface area contributed by atoms with Gasteiger partial charge in [-0.1, -0.05) is 48.5 Å². The zero-order chi connectivity index (χ0) is 16.9. The van der Waals surface area contributed by atoms with Crippen LogP contribution in [0.5, 0.6) is 0 Å². The molecule has 24 heavy (non-hydrogen) atoms. The molecule has 8 nitrogen and oxygen atoms in total. The maximum atomic E-state index is 12.2. The Labute approximate surface area is 142 Å². The summed E-state index contributed by atoms with van der Waals surface area (Å²) in [6, 6.07) is 18.3. The normalized spacial score (nSPS) is 14.2. The van der Waals surface area contributed by atoms with E-state index in [2.05, 4.69) is 5.53 Å². The van der Waals surface area contributed by atoms with Crippen molar-refractivity contribution in [2.45, 2.75) is 11.5 Å². The van der Waals surface area contributed by atoms with Crippen molar-refractivity contribution >= 4 is 23.0 Å². The number of amidine groups is 1. The molecule has 1 amide bonds. The van der Waals surface area contributed by atoms with Crippen LogP contribution in [-0.2, 0) is 11.3 Å². The van der Waals surface area contributed by atoms with E-state index in [-0.39, 0.29) is 11.8 Å². The minimum atomic E-state index is -0.786. The molecule has 0 saturated carbocycles. The van der Waals surface area contributed by atoms with Crippen LogP contribution in [0.4, 0.5) is 4.79 Å². The summed E-state index contributed by atoms with van der Waals surface area (Å²) in [5.74, 6) is 5.45. The molecular weight excluding hydrogens is 330 g/mol. The Bertz CT molecular complexity index is 741. The van der Waals surface area contributed by atoms with E-state index >= 15 is 0 Å². The van der Waals surface area contributed by atoms with Gasteiger partial charge in [0.05, 0.1) is 0 Å². The van der Waals surface area contributed by atoms with Gasteiger partial charge >= 0.3 is 11.3 Å². The quantitative estimate of drug-likeness (QED) is 0.518. The number of nitrogens with zero attached hydrogens (tertiary/aromatic N) is 4. The lowest BCUT2D eigenvalue weighted by Crippen LogP contribution is -2.44. The SMILES string of the molecule is NN1[N]N(C(=O)OCc2ccccc2)C(Sc2ccccc2)=[N+]1[O-]. The molecule has 1 radical (unpaired) electrons. The lowest BCUT2D eigenvalue weighted by molar-refractivity contribution is -0.644. The van der Waals surface area contributed by atoms with E-state index in [0.29, 0.717) is 10.1 Å². The number of hydrazine groups is 2. The number of carbonyl (C=O) groups excluding carboxylic acids is 1. The second kappa shape index (κ2) is 7.21. The molecule has 2 aromatic carbocycles. The predicted molar refractivity (Wildman–Crippen MR) is 87.6 cm³/mol.